The molecule has 0 spiro atoms. The highest BCUT2D eigenvalue weighted by Crippen LogP contribution is 2.61. The van der Waals surface area contributed by atoms with Crippen molar-refractivity contribution in [1.82, 2.24) is 4.98 Å². The summed E-state index contributed by atoms with van der Waals surface area (Å²) in [6, 6.07) is 3.60. The maximum absolute atomic E-state index is 15.2. The maximum atomic E-state index is 15.2. The lowest BCUT2D eigenvalue weighted by atomic mass is 9.55. The van der Waals surface area contributed by atoms with Crippen LogP contribution in [0, 0.1) is 23.2 Å². The number of carbonyl (C=O) groups excluding carboxylic acids is 2. The Bertz CT molecular complexity index is 896. The Balaban J connectivity index is 1.93. The third-order valence-electron chi connectivity index (χ3n) is 6.49. The third kappa shape index (κ3) is 5.05. The van der Waals surface area contributed by atoms with Crippen LogP contribution in [0.4, 0.5) is 8.78 Å². The molecule has 1 saturated carbocycles. The van der Waals surface area contributed by atoms with Gasteiger partial charge >= 0.3 is 11.9 Å². The van der Waals surface area contributed by atoms with Gasteiger partial charge in [-0.05, 0) is 74.2 Å². The van der Waals surface area contributed by atoms with Gasteiger partial charge in [0.05, 0.1) is 11.1 Å². The molecule has 5 nitrogen and oxygen atoms in total. The highest BCUT2D eigenvalue weighted by molar-refractivity contribution is 9.10. The quantitative estimate of drug-likeness (QED) is 0.464. The molecule has 0 amide bonds. The first-order valence-electron chi connectivity index (χ1n) is 10.9. The van der Waals surface area contributed by atoms with Crippen molar-refractivity contribution in [3.63, 3.8) is 0 Å². The van der Waals surface area contributed by atoms with Crippen molar-refractivity contribution in [2.45, 2.75) is 71.5 Å². The van der Waals surface area contributed by atoms with Crippen LogP contribution in [-0.2, 0) is 19.1 Å². The molecule has 0 bridgehead atoms. The Labute approximate surface area is 196 Å². The van der Waals surface area contributed by atoms with Gasteiger partial charge in [-0.15, -0.1) is 0 Å². The topological polar surface area (TPSA) is 65.5 Å². The number of alkyl halides is 2. The van der Waals surface area contributed by atoms with Crippen molar-refractivity contribution in [2.75, 3.05) is 0 Å². The molecule has 0 radical (unpaired) electrons. The van der Waals surface area contributed by atoms with E-state index in [-0.39, 0.29) is 12.8 Å². The van der Waals surface area contributed by atoms with E-state index in [4.69, 9.17) is 9.47 Å². The summed E-state index contributed by atoms with van der Waals surface area (Å²) in [5.41, 5.74) is -1.49. The van der Waals surface area contributed by atoms with Gasteiger partial charge in [-0.3, -0.25) is 14.6 Å². The van der Waals surface area contributed by atoms with Gasteiger partial charge in [-0.1, -0.05) is 13.0 Å². The minimum Gasteiger partial charge on any atom is -0.462 e. The van der Waals surface area contributed by atoms with Gasteiger partial charge in [0.1, 0.15) is 11.7 Å². The number of esters is 2. The number of fused-ring (bicyclic) bond motifs is 1. The highest BCUT2D eigenvalue weighted by Gasteiger charge is 2.67. The van der Waals surface area contributed by atoms with Gasteiger partial charge in [0.2, 0.25) is 0 Å². The number of nitrogens with zero attached hydrogens (tertiary/aromatic N) is 1. The van der Waals surface area contributed by atoms with E-state index in [1.165, 1.54) is 6.92 Å². The van der Waals surface area contributed by atoms with Crippen molar-refractivity contribution in [1.29, 1.82) is 0 Å². The second kappa shape index (κ2) is 8.84. The van der Waals surface area contributed by atoms with E-state index in [2.05, 4.69) is 20.9 Å². The summed E-state index contributed by atoms with van der Waals surface area (Å²) in [7, 11) is 0. The van der Waals surface area contributed by atoms with E-state index in [9.17, 15) is 9.59 Å². The fourth-order valence-corrected chi connectivity index (χ4v) is 5.28. The first-order valence-corrected chi connectivity index (χ1v) is 11.6. The number of hydrogen-bond donors (Lipinski definition) is 0. The number of rotatable bonds is 5. The summed E-state index contributed by atoms with van der Waals surface area (Å²) in [6.07, 6.45) is 3.76. The Morgan fingerprint density at radius 2 is 2.03 bits per heavy atom. The van der Waals surface area contributed by atoms with E-state index in [0.717, 1.165) is 4.47 Å². The van der Waals surface area contributed by atoms with E-state index in [0.29, 0.717) is 5.69 Å². The van der Waals surface area contributed by atoms with Crippen LogP contribution >= 0.6 is 15.9 Å². The SMILES string of the molecule is C[C@H]1OC(=O)[C@]2(CCC(=O)OC(C)(C)C)CC(F)(F)[C@@H](C)[C@H](/C=C/c3ccc(Br)cn3)[C@H]12. The van der Waals surface area contributed by atoms with Crippen LogP contribution in [0.2, 0.25) is 0 Å². The van der Waals surface area contributed by atoms with Crippen molar-refractivity contribution < 1.29 is 27.8 Å². The van der Waals surface area contributed by atoms with Gasteiger partial charge < -0.3 is 9.47 Å². The molecular formula is C24H30BrF2NO4. The van der Waals surface area contributed by atoms with Crippen LogP contribution in [0.15, 0.2) is 28.9 Å². The minimum absolute atomic E-state index is 0.0288. The molecule has 1 aliphatic heterocycles. The number of pyridine rings is 1. The predicted octanol–water partition coefficient (Wildman–Crippen LogP) is 5.82. The first kappa shape index (κ1) is 24.8. The number of aromatic nitrogens is 1. The first-order chi connectivity index (χ1) is 14.7. The standard InChI is InChI=1S/C24H30BrF2NO4/c1-14-18(9-8-17-7-6-16(25)12-28-17)20-15(2)31-21(30)23(20,13-24(14,26)27)11-10-19(29)32-22(3,4)5/h6-9,12,14-15,18,20H,10-11,13H2,1-5H3/b9-8+/t14-,15+,18-,20-,23+/m0/s1. The fourth-order valence-electron chi connectivity index (χ4n) is 5.05. The summed E-state index contributed by atoms with van der Waals surface area (Å²) >= 11 is 3.33. The number of allylic oxidation sites excluding steroid dienone is 1. The van der Waals surface area contributed by atoms with Gasteiger partial charge in [-0.2, -0.15) is 0 Å². The molecule has 0 aromatic carbocycles. The van der Waals surface area contributed by atoms with Gasteiger partial charge in [0.25, 0.3) is 5.92 Å². The molecule has 0 N–H and O–H groups in total. The minimum atomic E-state index is -3.09. The zero-order valence-corrected chi connectivity index (χ0v) is 20.6. The zero-order chi connectivity index (χ0) is 23.9. The summed E-state index contributed by atoms with van der Waals surface area (Å²) in [5, 5.41) is 0. The Kier molecular flexibility index (Phi) is 6.85. The molecule has 2 heterocycles. The largest absolute Gasteiger partial charge is 0.462 e. The van der Waals surface area contributed by atoms with Gasteiger partial charge in [-0.25, -0.2) is 8.78 Å². The monoisotopic (exact) mass is 513 g/mol. The molecule has 1 aromatic rings. The number of ether oxygens (including phenoxy) is 2. The lowest BCUT2D eigenvalue weighted by Crippen LogP contribution is -2.53. The Morgan fingerprint density at radius 1 is 1.34 bits per heavy atom. The van der Waals surface area contributed by atoms with E-state index in [1.807, 2.05) is 6.07 Å². The van der Waals surface area contributed by atoms with Crippen molar-refractivity contribution in [2.24, 2.45) is 23.2 Å². The molecule has 0 unspecified atom stereocenters. The van der Waals surface area contributed by atoms with Crippen molar-refractivity contribution in [3.8, 4) is 0 Å². The molecule has 5 atom stereocenters. The molecule has 2 aliphatic rings. The number of cyclic esters (lactones) is 1. The van der Waals surface area contributed by atoms with Crippen LogP contribution in [0.5, 0.6) is 0 Å². The number of halogens is 3. The van der Waals surface area contributed by atoms with Crippen LogP contribution in [0.3, 0.4) is 0 Å². The van der Waals surface area contributed by atoms with E-state index < -0.39 is 59.2 Å². The average molecular weight is 514 g/mol. The lowest BCUT2D eigenvalue weighted by Gasteiger charge is -2.47. The molecule has 2 fully saturated rings. The average Bonchev–Trinajstić information content (AvgIpc) is 2.90. The molecule has 3 rings (SSSR count). The van der Waals surface area contributed by atoms with Crippen molar-refractivity contribution >= 4 is 33.9 Å². The van der Waals surface area contributed by atoms with E-state index in [1.54, 1.807) is 52.1 Å². The molecule has 1 aromatic heterocycles. The normalized spacial score (nSPS) is 31.9. The zero-order valence-electron chi connectivity index (χ0n) is 19.0. The molecule has 32 heavy (non-hydrogen) atoms. The molecular weight excluding hydrogens is 484 g/mol. The van der Waals surface area contributed by atoms with Crippen LogP contribution in [-0.4, -0.2) is 34.6 Å². The van der Waals surface area contributed by atoms with Crippen molar-refractivity contribution in [3.05, 3.63) is 34.6 Å². The molecule has 176 valence electrons. The van der Waals surface area contributed by atoms with Crippen LogP contribution in [0.25, 0.3) is 6.08 Å². The van der Waals surface area contributed by atoms with Gasteiger partial charge in [0.15, 0.2) is 0 Å². The summed E-state index contributed by atoms with van der Waals surface area (Å²) in [5.74, 6) is -6.33. The maximum Gasteiger partial charge on any atom is 0.313 e. The number of hydrogen-bond acceptors (Lipinski definition) is 5. The predicted molar refractivity (Wildman–Crippen MR) is 120 cm³/mol. The summed E-state index contributed by atoms with van der Waals surface area (Å²) in [6.45, 7) is 8.48. The van der Waals surface area contributed by atoms with Crippen LogP contribution < -0.4 is 0 Å². The van der Waals surface area contributed by atoms with Gasteiger partial charge in [0, 0.05) is 35.3 Å². The lowest BCUT2D eigenvalue weighted by molar-refractivity contribution is -0.175. The summed E-state index contributed by atoms with van der Waals surface area (Å²) in [4.78, 5) is 29.5. The second-order valence-electron chi connectivity index (χ2n) is 9.94. The molecule has 8 heteroatoms. The molecule has 1 aliphatic carbocycles. The molecule has 1 saturated heterocycles. The van der Waals surface area contributed by atoms with Crippen LogP contribution in [0.1, 0.15) is 59.6 Å². The fraction of sp³-hybridized carbons (Fsp3) is 0.625. The summed E-state index contributed by atoms with van der Waals surface area (Å²) < 4.78 is 42.1. The Morgan fingerprint density at radius 3 is 2.62 bits per heavy atom. The highest BCUT2D eigenvalue weighted by atomic mass is 79.9. The number of carbonyl (C=O) groups is 2. The Hall–Kier alpha value is -1.83. The second-order valence-corrected chi connectivity index (χ2v) is 10.9. The van der Waals surface area contributed by atoms with E-state index >= 15 is 8.78 Å². The smallest absolute Gasteiger partial charge is 0.313 e. The third-order valence-corrected chi connectivity index (χ3v) is 6.96.